The molecule has 0 heterocycles. The van der Waals surface area contributed by atoms with E-state index in [2.05, 4.69) is 0 Å². The topological polar surface area (TPSA) is 52.3 Å². The highest BCUT2D eigenvalue weighted by Crippen LogP contribution is 2.04. The number of rotatable bonds is 4. The van der Waals surface area contributed by atoms with Crippen molar-refractivity contribution in [1.82, 2.24) is 5.17 Å². The highest BCUT2D eigenvalue weighted by molar-refractivity contribution is 4.63. The number of hydrazine groups is 1. The monoisotopic (exact) mass is 131 g/mol. The molecule has 3 heteroatoms. The molecule has 0 radical (unpaired) electrons. The van der Waals surface area contributed by atoms with E-state index in [9.17, 15) is 5.21 Å². The maximum Gasteiger partial charge on any atom is 0.0103 e. The summed E-state index contributed by atoms with van der Waals surface area (Å²) in [5, 5.41) is 11.0. The molecule has 0 spiro atoms. The Morgan fingerprint density at radius 1 is 1.56 bits per heavy atom. The summed E-state index contributed by atoms with van der Waals surface area (Å²) in [6, 6.07) is 0.0231. The normalized spacial score (nSPS) is 14.3. The van der Waals surface area contributed by atoms with Crippen LogP contribution in [0.5, 0.6) is 0 Å². The molecule has 56 valence electrons. The highest BCUT2D eigenvalue weighted by Gasteiger charge is 2.01. The fraction of sp³-hybridized carbons (Fsp3) is 1.00. The van der Waals surface area contributed by atoms with Crippen LogP contribution in [0, 0.1) is 5.21 Å². The Morgan fingerprint density at radius 2 is 2.11 bits per heavy atom. The van der Waals surface area contributed by atoms with Gasteiger partial charge >= 0.3 is 0 Å². The second-order valence-electron chi connectivity index (χ2n) is 2.21. The lowest BCUT2D eigenvalue weighted by molar-refractivity contribution is 0.261. The summed E-state index contributed by atoms with van der Waals surface area (Å²) in [4.78, 5) is 0. The molecule has 0 aliphatic heterocycles. The summed E-state index contributed by atoms with van der Waals surface area (Å²) in [6.07, 6.45) is 2.76. The Morgan fingerprint density at radius 3 is 2.22 bits per heavy atom. The van der Waals surface area contributed by atoms with Gasteiger partial charge in [-0.1, -0.05) is 20.3 Å². The molecule has 0 amide bonds. The third-order valence-electron chi connectivity index (χ3n) is 1.45. The zero-order chi connectivity index (χ0) is 7.28. The lowest BCUT2D eigenvalue weighted by Gasteiger charge is -2.31. The van der Waals surface area contributed by atoms with Crippen molar-refractivity contribution in [3.63, 3.8) is 0 Å². The summed E-state index contributed by atoms with van der Waals surface area (Å²) < 4.78 is 0. The first-order chi connectivity index (χ1) is 4.22. The summed E-state index contributed by atoms with van der Waals surface area (Å²) >= 11 is 0. The Balaban J connectivity index is 3.41. The Bertz CT molecular complexity index is 66.1. The second-order valence-corrected chi connectivity index (χ2v) is 2.21. The number of hydrogen-bond acceptors (Lipinski definition) is 3. The number of nitrogens with two attached hydrogens (primary N) is 1. The van der Waals surface area contributed by atoms with Crippen molar-refractivity contribution >= 4 is 0 Å². The number of hydroxylamine groups is 1. The number of hydrogen-bond donors (Lipinski definition) is 1. The van der Waals surface area contributed by atoms with Gasteiger partial charge in [0.15, 0.2) is 0 Å². The molecule has 1 atom stereocenters. The first kappa shape index (κ1) is 8.88. The molecule has 9 heavy (non-hydrogen) atoms. The molecule has 0 aliphatic rings. The molecule has 0 bridgehead atoms. The largest absolute Gasteiger partial charge is 0.772 e. The van der Waals surface area contributed by atoms with Crippen LogP contribution in [-0.2, 0) is 0 Å². The van der Waals surface area contributed by atoms with E-state index in [0.717, 1.165) is 19.3 Å². The van der Waals surface area contributed by atoms with Crippen molar-refractivity contribution in [3.8, 4) is 0 Å². The maximum absolute atomic E-state index is 10.5. The van der Waals surface area contributed by atoms with E-state index >= 15 is 0 Å². The fourth-order valence-electron chi connectivity index (χ4n) is 0.845. The smallest absolute Gasteiger partial charge is 0.0103 e. The van der Waals surface area contributed by atoms with Crippen molar-refractivity contribution in [2.45, 2.75) is 39.2 Å². The molecule has 0 saturated carbocycles. The Labute approximate surface area is 56.4 Å². The van der Waals surface area contributed by atoms with Gasteiger partial charge in [0.25, 0.3) is 0 Å². The van der Waals surface area contributed by atoms with Gasteiger partial charge in [0, 0.05) is 6.04 Å². The number of nitrogens with zero attached hydrogens (tertiary/aromatic N) is 1. The molecule has 2 N–H and O–H groups in total. The second kappa shape index (κ2) is 4.73. The zero-order valence-electron chi connectivity index (χ0n) is 6.13. The predicted molar refractivity (Wildman–Crippen MR) is 38.4 cm³/mol. The van der Waals surface area contributed by atoms with E-state index < -0.39 is 0 Å². The minimum atomic E-state index is 0.0231. The van der Waals surface area contributed by atoms with Gasteiger partial charge in [-0.05, 0) is 12.8 Å². The molecule has 0 rings (SSSR count). The molecule has 0 aliphatic carbocycles. The molecule has 3 nitrogen and oxygen atoms in total. The van der Waals surface area contributed by atoms with Crippen LogP contribution in [0.1, 0.15) is 33.1 Å². The molecule has 1 unspecified atom stereocenters. The van der Waals surface area contributed by atoms with E-state index in [1.54, 1.807) is 0 Å². The molecular weight excluding hydrogens is 116 g/mol. The van der Waals surface area contributed by atoms with Gasteiger partial charge in [-0.2, -0.15) is 0 Å². The van der Waals surface area contributed by atoms with Gasteiger partial charge in [-0.3, -0.25) is 5.84 Å². The molecule has 0 aromatic rings. The molecule has 0 fully saturated rings. The van der Waals surface area contributed by atoms with Crippen LogP contribution in [-0.4, -0.2) is 11.2 Å². The summed E-state index contributed by atoms with van der Waals surface area (Å²) in [5.74, 6) is 5.01. The summed E-state index contributed by atoms with van der Waals surface area (Å²) in [7, 11) is 0. The SMILES string of the molecule is CCCC(CC)N(N)[O-]. The van der Waals surface area contributed by atoms with E-state index in [0.29, 0.717) is 5.17 Å². The summed E-state index contributed by atoms with van der Waals surface area (Å²) in [5.41, 5.74) is 0. The zero-order valence-corrected chi connectivity index (χ0v) is 6.13. The van der Waals surface area contributed by atoms with Crippen molar-refractivity contribution in [2.24, 2.45) is 5.84 Å². The van der Waals surface area contributed by atoms with Gasteiger partial charge in [0.1, 0.15) is 0 Å². The third-order valence-corrected chi connectivity index (χ3v) is 1.45. The van der Waals surface area contributed by atoms with Crippen LogP contribution < -0.4 is 5.84 Å². The Hall–Kier alpha value is -0.120. The van der Waals surface area contributed by atoms with Gasteiger partial charge in [-0.15, -0.1) is 0 Å². The fourth-order valence-corrected chi connectivity index (χ4v) is 0.845. The van der Waals surface area contributed by atoms with E-state index in [-0.39, 0.29) is 6.04 Å². The standard InChI is InChI=1S/C6H15N2O/c1-3-5-6(4-2)8(7)9/h6H,3-5,7H2,1-2H3/q-1. The predicted octanol–water partition coefficient (Wildman–Crippen LogP) is 1.24. The van der Waals surface area contributed by atoms with Crippen molar-refractivity contribution in [2.75, 3.05) is 0 Å². The molecule has 0 aromatic heterocycles. The first-order valence-electron chi connectivity index (χ1n) is 3.43. The van der Waals surface area contributed by atoms with Crippen molar-refractivity contribution < 1.29 is 0 Å². The van der Waals surface area contributed by atoms with E-state index in [4.69, 9.17) is 5.84 Å². The average molecular weight is 131 g/mol. The van der Waals surface area contributed by atoms with Crippen LogP contribution in [0.25, 0.3) is 0 Å². The van der Waals surface area contributed by atoms with Crippen LogP contribution in [0.4, 0.5) is 0 Å². The summed E-state index contributed by atoms with van der Waals surface area (Å²) in [6.45, 7) is 4.02. The van der Waals surface area contributed by atoms with Crippen LogP contribution >= 0.6 is 0 Å². The third kappa shape index (κ3) is 3.46. The van der Waals surface area contributed by atoms with Crippen LogP contribution in [0.15, 0.2) is 0 Å². The molecular formula is C6H15N2O-. The van der Waals surface area contributed by atoms with Gasteiger partial charge in [0.2, 0.25) is 0 Å². The average Bonchev–Trinajstić information content (AvgIpc) is 1.82. The highest BCUT2D eigenvalue weighted by atomic mass is 16.5. The lowest BCUT2D eigenvalue weighted by atomic mass is 10.1. The van der Waals surface area contributed by atoms with Gasteiger partial charge in [-0.25, -0.2) is 0 Å². The van der Waals surface area contributed by atoms with Crippen LogP contribution in [0.2, 0.25) is 0 Å². The van der Waals surface area contributed by atoms with E-state index in [1.165, 1.54) is 0 Å². The van der Waals surface area contributed by atoms with Crippen molar-refractivity contribution in [1.29, 1.82) is 0 Å². The van der Waals surface area contributed by atoms with E-state index in [1.807, 2.05) is 13.8 Å². The van der Waals surface area contributed by atoms with Gasteiger partial charge < -0.3 is 10.4 Å². The minimum Gasteiger partial charge on any atom is -0.772 e. The molecule has 0 aromatic carbocycles. The lowest BCUT2D eigenvalue weighted by Crippen LogP contribution is -2.35. The first-order valence-corrected chi connectivity index (χ1v) is 3.43. The van der Waals surface area contributed by atoms with Crippen LogP contribution in [0.3, 0.4) is 0 Å². The molecule has 0 saturated heterocycles. The minimum absolute atomic E-state index is 0.0231. The van der Waals surface area contributed by atoms with Gasteiger partial charge in [0.05, 0.1) is 0 Å². The quantitative estimate of drug-likeness (QED) is 0.461. The van der Waals surface area contributed by atoms with Crippen molar-refractivity contribution in [3.05, 3.63) is 5.21 Å². The Kier molecular flexibility index (Phi) is 4.67. The maximum atomic E-state index is 10.5.